The number of nitro groups is 1. The van der Waals surface area contributed by atoms with E-state index in [0.29, 0.717) is 18.5 Å². The summed E-state index contributed by atoms with van der Waals surface area (Å²) in [4.78, 5) is 10.6. The number of fused-ring (bicyclic) bond motifs is 1. The lowest BCUT2D eigenvalue weighted by molar-refractivity contribution is -0.384. The third kappa shape index (κ3) is 3.05. The van der Waals surface area contributed by atoms with E-state index in [1.807, 2.05) is 0 Å². The molecule has 8 heteroatoms. The fourth-order valence-electron chi connectivity index (χ4n) is 3.00. The first-order chi connectivity index (χ1) is 11.8. The lowest BCUT2D eigenvalue weighted by Crippen LogP contribution is -2.35. The van der Waals surface area contributed by atoms with Crippen LogP contribution in [0, 0.1) is 17.0 Å². The Hall–Kier alpha value is -2.61. The summed E-state index contributed by atoms with van der Waals surface area (Å²) >= 11 is 0. The Balaban J connectivity index is 2.16. The maximum absolute atomic E-state index is 13.2. The van der Waals surface area contributed by atoms with Crippen LogP contribution in [0.25, 0.3) is 0 Å². The monoisotopic (exact) mass is 362 g/mol. The highest BCUT2D eigenvalue weighted by atomic mass is 32.2. The highest BCUT2D eigenvalue weighted by Crippen LogP contribution is 2.37. The van der Waals surface area contributed by atoms with E-state index in [4.69, 9.17) is 4.74 Å². The van der Waals surface area contributed by atoms with Crippen molar-refractivity contribution in [1.29, 1.82) is 0 Å². The summed E-state index contributed by atoms with van der Waals surface area (Å²) in [6.07, 6.45) is 1.34. The number of benzene rings is 2. The van der Waals surface area contributed by atoms with Crippen molar-refractivity contribution in [3.63, 3.8) is 0 Å². The zero-order valence-electron chi connectivity index (χ0n) is 13.9. The van der Waals surface area contributed by atoms with Gasteiger partial charge in [-0.3, -0.25) is 14.4 Å². The van der Waals surface area contributed by atoms with E-state index in [9.17, 15) is 18.5 Å². The minimum Gasteiger partial charge on any atom is -0.495 e. The van der Waals surface area contributed by atoms with Gasteiger partial charge in [-0.15, -0.1) is 0 Å². The molecule has 0 spiro atoms. The molecular weight excluding hydrogens is 344 g/mol. The molecule has 0 aromatic heterocycles. The van der Waals surface area contributed by atoms with Gasteiger partial charge in [0, 0.05) is 18.7 Å². The van der Waals surface area contributed by atoms with Gasteiger partial charge in [-0.05, 0) is 43.0 Å². The Bertz CT molecular complexity index is 940. The topological polar surface area (TPSA) is 89.8 Å². The third-order valence-corrected chi connectivity index (χ3v) is 6.08. The fraction of sp³-hybridized carbons (Fsp3) is 0.294. The lowest BCUT2D eigenvalue weighted by Gasteiger charge is -2.30. The molecule has 2 aromatic carbocycles. The van der Waals surface area contributed by atoms with Crippen LogP contribution >= 0.6 is 0 Å². The number of hydrogen-bond acceptors (Lipinski definition) is 5. The second kappa shape index (κ2) is 6.36. The van der Waals surface area contributed by atoms with Gasteiger partial charge in [0.25, 0.3) is 15.7 Å². The number of non-ortho nitro benzene ring substituents is 1. The number of aryl methyl sites for hydroxylation is 2. The highest BCUT2D eigenvalue weighted by molar-refractivity contribution is 7.93. The molecule has 7 nitrogen and oxygen atoms in total. The number of rotatable bonds is 4. The van der Waals surface area contributed by atoms with Crippen LogP contribution in [0.1, 0.15) is 17.5 Å². The zero-order valence-corrected chi connectivity index (χ0v) is 14.7. The molecule has 0 atom stereocenters. The minimum absolute atomic E-state index is 0.0642. The van der Waals surface area contributed by atoms with E-state index in [-0.39, 0.29) is 22.9 Å². The molecule has 1 aliphatic heterocycles. The van der Waals surface area contributed by atoms with Gasteiger partial charge in [0.05, 0.1) is 17.7 Å². The molecule has 3 rings (SSSR count). The lowest BCUT2D eigenvalue weighted by atomic mass is 10.0. The van der Waals surface area contributed by atoms with Crippen LogP contribution in [0.5, 0.6) is 5.75 Å². The number of ether oxygens (including phenoxy) is 1. The first-order valence-electron chi connectivity index (χ1n) is 7.79. The molecule has 0 saturated carbocycles. The molecule has 132 valence electrons. The number of methoxy groups -OCH3 is 1. The Kier molecular flexibility index (Phi) is 4.38. The van der Waals surface area contributed by atoms with Gasteiger partial charge in [0.2, 0.25) is 0 Å². The van der Waals surface area contributed by atoms with Crippen LogP contribution in [-0.2, 0) is 16.4 Å². The van der Waals surface area contributed by atoms with Crippen molar-refractivity contribution in [3.05, 3.63) is 57.6 Å². The van der Waals surface area contributed by atoms with Gasteiger partial charge in [-0.25, -0.2) is 8.42 Å². The standard InChI is InChI=1S/C17H18N2O5S/c1-12-5-8-16(24-2)17(10-12)25(22,23)18-9-3-4-13-6-7-14(19(20)21)11-15(13)18/h5-8,10-11H,3-4,9H2,1-2H3. The predicted octanol–water partition coefficient (Wildman–Crippen LogP) is 3.05. The van der Waals surface area contributed by atoms with E-state index in [2.05, 4.69) is 0 Å². The quantitative estimate of drug-likeness (QED) is 0.616. The van der Waals surface area contributed by atoms with Crippen molar-refractivity contribution in [2.24, 2.45) is 0 Å². The van der Waals surface area contributed by atoms with Crippen LogP contribution < -0.4 is 9.04 Å². The molecule has 0 aliphatic carbocycles. The molecule has 0 radical (unpaired) electrons. The molecular formula is C17H18N2O5S. The van der Waals surface area contributed by atoms with Crippen molar-refractivity contribution in [2.75, 3.05) is 18.0 Å². The molecule has 1 aliphatic rings. The molecule has 0 bridgehead atoms. The number of nitrogens with zero attached hydrogens (tertiary/aromatic N) is 2. The average molecular weight is 362 g/mol. The molecule has 0 unspecified atom stereocenters. The van der Waals surface area contributed by atoms with Gasteiger partial charge in [-0.2, -0.15) is 0 Å². The molecule has 25 heavy (non-hydrogen) atoms. The van der Waals surface area contributed by atoms with E-state index < -0.39 is 14.9 Å². The number of sulfonamides is 1. The number of anilines is 1. The Morgan fingerprint density at radius 1 is 1.20 bits per heavy atom. The maximum atomic E-state index is 13.2. The molecule has 1 heterocycles. The molecule has 0 saturated heterocycles. The largest absolute Gasteiger partial charge is 0.495 e. The molecule has 0 N–H and O–H groups in total. The predicted molar refractivity (Wildman–Crippen MR) is 93.7 cm³/mol. The Labute approximate surface area is 146 Å². The van der Waals surface area contributed by atoms with Crippen LogP contribution in [-0.4, -0.2) is 27.0 Å². The summed E-state index contributed by atoms with van der Waals surface area (Å²) < 4.78 is 32.9. The van der Waals surface area contributed by atoms with Gasteiger partial charge in [0.15, 0.2) is 0 Å². The van der Waals surface area contributed by atoms with Crippen molar-refractivity contribution in [2.45, 2.75) is 24.7 Å². The van der Waals surface area contributed by atoms with E-state index in [0.717, 1.165) is 11.1 Å². The maximum Gasteiger partial charge on any atom is 0.271 e. The van der Waals surface area contributed by atoms with Crippen molar-refractivity contribution in [1.82, 2.24) is 0 Å². The van der Waals surface area contributed by atoms with Crippen molar-refractivity contribution >= 4 is 21.4 Å². The summed E-state index contributed by atoms with van der Waals surface area (Å²) in [5.74, 6) is 0.253. The zero-order chi connectivity index (χ0) is 18.2. The SMILES string of the molecule is COc1ccc(C)cc1S(=O)(=O)N1CCCc2ccc([N+](=O)[O-])cc21. The van der Waals surface area contributed by atoms with Gasteiger partial charge in [0.1, 0.15) is 10.6 Å². The smallest absolute Gasteiger partial charge is 0.271 e. The summed E-state index contributed by atoms with van der Waals surface area (Å²) in [6.45, 7) is 2.07. The molecule has 0 fully saturated rings. The first-order valence-corrected chi connectivity index (χ1v) is 9.23. The Morgan fingerprint density at radius 2 is 1.96 bits per heavy atom. The van der Waals surface area contributed by atoms with Crippen molar-refractivity contribution in [3.8, 4) is 5.75 Å². The van der Waals surface area contributed by atoms with Crippen LogP contribution in [0.15, 0.2) is 41.3 Å². The van der Waals surface area contributed by atoms with Gasteiger partial charge >= 0.3 is 0 Å². The number of nitro benzene ring substituents is 1. The fourth-order valence-corrected chi connectivity index (χ4v) is 4.77. The second-order valence-electron chi connectivity index (χ2n) is 5.91. The van der Waals surface area contributed by atoms with Gasteiger partial charge in [-0.1, -0.05) is 12.1 Å². The highest BCUT2D eigenvalue weighted by Gasteiger charge is 2.32. The summed E-state index contributed by atoms with van der Waals surface area (Å²) in [5, 5.41) is 11.1. The van der Waals surface area contributed by atoms with Crippen LogP contribution in [0.4, 0.5) is 11.4 Å². The van der Waals surface area contributed by atoms with Gasteiger partial charge < -0.3 is 4.74 Å². The summed E-state index contributed by atoms with van der Waals surface area (Å²) in [7, 11) is -2.48. The Morgan fingerprint density at radius 3 is 2.64 bits per heavy atom. The van der Waals surface area contributed by atoms with E-state index in [1.165, 1.54) is 23.5 Å². The minimum atomic E-state index is -3.90. The summed E-state index contributed by atoms with van der Waals surface area (Å²) in [5.41, 5.74) is 1.81. The van der Waals surface area contributed by atoms with Crippen LogP contribution in [0.3, 0.4) is 0 Å². The van der Waals surface area contributed by atoms with Crippen molar-refractivity contribution < 1.29 is 18.1 Å². The van der Waals surface area contributed by atoms with E-state index in [1.54, 1.807) is 31.2 Å². The van der Waals surface area contributed by atoms with E-state index >= 15 is 0 Å². The number of hydrogen-bond donors (Lipinski definition) is 0. The van der Waals surface area contributed by atoms with Crippen LogP contribution in [0.2, 0.25) is 0 Å². The third-order valence-electron chi connectivity index (χ3n) is 4.24. The average Bonchev–Trinajstić information content (AvgIpc) is 2.60. The molecule has 2 aromatic rings. The first kappa shape index (κ1) is 17.2. The summed E-state index contributed by atoms with van der Waals surface area (Å²) in [6, 6.07) is 9.30. The normalized spacial score (nSPS) is 14.1. The second-order valence-corrected chi connectivity index (χ2v) is 7.74. The molecule has 0 amide bonds.